The average Bonchev–Trinajstić information content (AvgIpc) is 3.17. The molecule has 1 unspecified atom stereocenters. The summed E-state index contributed by atoms with van der Waals surface area (Å²) in [6, 6.07) is 0. The Hall–Kier alpha value is -0.340. The molecule has 1 N–H and O–H groups in total. The Bertz CT molecular complexity index is 318. The summed E-state index contributed by atoms with van der Waals surface area (Å²) in [4.78, 5) is 0. The lowest BCUT2D eigenvalue weighted by atomic mass is 9.91. The molecule has 1 heterocycles. The monoisotopic (exact) mass is 310 g/mol. The molecule has 130 valence electrons. The third-order valence-electron chi connectivity index (χ3n) is 5.14. The van der Waals surface area contributed by atoms with Gasteiger partial charge in [-0.2, -0.15) is 0 Å². The van der Waals surface area contributed by atoms with E-state index in [1.165, 1.54) is 56.9 Å². The first-order valence-corrected chi connectivity index (χ1v) is 9.35. The number of aliphatic hydroxyl groups excluding tert-OH is 1. The zero-order valence-electron chi connectivity index (χ0n) is 15.4. The van der Waals surface area contributed by atoms with Gasteiger partial charge in [-0.15, -0.1) is 0 Å². The van der Waals surface area contributed by atoms with E-state index in [2.05, 4.69) is 27.7 Å². The molecule has 1 saturated heterocycles. The summed E-state index contributed by atoms with van der Waals surface area (Å²) in [5, 5.41) is 8.84. The highest BCUT2D eigenvalue weighted by molar-refractivity contribution is 4.97. The summed E-state index contributed by atoms with van der Waals surface area (Å²) in [6.07, 6.45) is 13.7. The molecular formula is C20H38O2. The molecule has 3 atom stereocenters. The van der Waals surface area contributed by atoms with E-state index in [9.17, 15) is 0 Å². The predicted molar refractivity (Wildman–Crippen MR) is 95.1 cm³/mol. The molecule has 0 aliphatic carbocycles. The van der Waals surface area contributed by atoms with Crippen LogP contribution in [0.4, 0.5) is 0 Å². The molecule has 1 aliphatic heterocycles. The van der Waals surface area contributed by atoms with Gasteiger partial charge in [0, 0.05) is 0 Å². The molecular weight excluding hydrogens is 272 g/mol. The van der Waals surface area contributed by atoms with Gasteiger partial charge in [0.05, 0.1) is 18.8 Å². The van der Waals surface area contributed by atoms with Crippen molar-refractivity contribution in [2.75, 3.05) is 13.2 Å². The maximum atomic E-state index is 8.84. The third-order valence-corrected chi connectivity index (χ3v) is 5.14. The second-order valence-electron chi connectivity index (χ2n) is 7.90. The molecule has 0 aromatic rings. The summed E-state index contributed by atoms with van der Waals surface area (Å²) in [5.74, 6) is 1.71. The van der Waals surface area contributed by atoms with Gasteiger partial charge in [-0.25, -0.2) is 0 Å². The van der Waals surface area contributed by atoms with Crippen molar-refractivity contribution in [2.24, 2.45) is 11.8 Å². The Kier molecular flexibility index (Phi) is 9.35. The van der Waals surface area contributed by atoms with Gasteiger partial charge < -0.3 is 9.84 Å². The van der Waals surface area contributed by atoms with Crippen LogP contribution >= 0.6 is 0 Å². The molecule has 0 bridgehead atoms. The van der Waals surface area contributed by atoms with Gasteiger partial charge in [0.2, 0.25) is 0 Å². The lowest BCUT2D eigenvalue weighted by Crippen LogP contribution is -2.05. The highest BCUT2D eigenvalue weighted by Crippen LogP contribution is 2.32. The van der Waals surface area contributed by atoms with Crippen LogP contribution in [0.25, 0.3) is 0 Å². The number of hydrogen-bond donors (Lipinski definition) is 1. The van der Waals surface area contributed by atoms with E-state index in [1.807, 2.05) is 6.08 Å². The van der Waals surface area contributed by atoms with Crippen LogP contribution in [-0.2, 0) is 4.74 Å². The number of aliphatic hydroxyl groups is 1. The van der Waals surface area contributed by atoms with Crippen molar-refractivity contribution in [1.29, 1.82) is 0 Å². The van der Waals surface area contributed by atoms with E-state index in [1.54, 1.807) is 0 Å². The van der Waals surface area contributed by atoms with E-state index >= 15 is 0 Å². The Morgan fingerprint density at radius 3 is 2.18 bits per heavy atom. The van der Waals surface area contributed by atoms with Crippen LogP contribution in [0, 0.1) is 11.8 Å². The number of hydrogen-bond acceptors (Lipinski definition) is 2. The third kappa shape index (κ3) is 9.63. The summed E-state index contributed by atoms with van der Waals surface area (Å²) < 4.78 is 5.44. The highest BCUT2D eigenvalue weighted by atomic mass is 16.6. The molecule has 0 aromatic heterocycles. The van der Waals surface area contributed by atoms with Crippen molar-refractivity contribution in [3.63, 3.8) is 0 Å². The first-order chi connectivity index (χ1) is 10.4. The van der Waals surface area contributed by atoms with Crippen LogP contribution in [0.1, 0.15) is 85.5 Å². The number of epoxide rings is 1. The fourth-order valence-corrected chi connectivity index (χ4v) is 3.18. The topological polar surface area (TPSA) is 32.8 Å². The van der Waals surface area contributed by atoms with Crippen molar-refractivity contribution in [3.8, 4) is 0 Å². The van der Waals surface area contributed by atoms with Crippen molar-refractivity contribution >= 4 is 0 Å². The van der Waals surface area contributed by atoms with Crippen LogP contribution < -0.4 is 0 Å². The molecule has 22 heavy (non-hydrogen) atoms. The lowest BCUT2D eigenvalue weighted by molar-refractivity contribution is 0.293. The molecule has 2 heteroatoms. The van der Waals surface area contributed by atoms with Gasteiger partial charge in [-0.3, -0.25) is 0 Å². The van der Waals surface area contributed by atoms with E-state index in [0.29, 0.717) is 0 Å². The van der Waals surface area contributed by atoms with Crippen LogP contribution in [0.3, 0.4) is 0 Å². The van der Waals surface area contributed by atoms with E-state index < -0.39 is 0 Å². The number of allylic oxidation sites excluding steroid dienone is 1. The van der Waals surface area contributed by atoms with Crippen molar-refractivity contribution < 1.29 is 9.84 Å². The zero-order chi connectivity index (χ0) is 16.4. The van der Waals surface area contributed by atoms with E-state index in [0.717, 1.165) is 24.9 Å². The SMILES string of the molecule is CC(=CCO)CCC[C@H](C)CCC[C@H](C)CCCC1(C)CO1. The zero-order valence-corrected chi connectivity index (χ0v) is 15.4. The van der Waals surface area contributed by atoms with Gasteiger partial charge in [0.1, 0.15) is 0 Å². The summed E-state index contributed by atoms with van der Waals surface area (Å²) in [5.41, 5.74) is 1.58. The molecule has 1 fully saturated rings. The smallest absolute Gasteiger partial charge is 0.0888 e. The molecule has 2 nitrogen and oxygen atoms in total. The highest BCUT2D eigenvalue weighted by Gasteiger charge is 2.38. The van der Waals surface area contributed by atoms with Crippen LogP contribution in [0.5, 0.6) is 0 Å². The fourth-order valence-electron chi connectivity index (χ4n) is 3.18. The Balaban J connectivity index is 1.94. The first kappa shape index (κ1) is 19.7. The molecule has 0 spiro atoms. The van der Waals surface area contributed by atoms with Gasteiger partial charge in [-0.1, -0.05) is 64.0 Å². The minimum atomic E-state index is 0.185. The van der Waals surface area contributed by atoms with E-state index in [-0.39, 0.29) is 12.2 Å². The second-order valence-corrected chi connectivity index (χ2v) is 7.90. The lowest BCUT2D eigenvalue weighted by Gasteiger charge is -2.15. The maximum absolute atomic E-state index is 8.84. The summed E-state index contributed by atoms with van der Waals surface area (Å²) >= 11 is 0. The van der Waals surface area contributed by atoms with Gasteiger partial charge in [-0.05, 0) is 44.9 Å². The maximum Gasteiger partial charge on any atom is 0.0888 e. The Morgan fingerprint density at radius 2 is 1.64 bits per heavy atom. The minimum Gasteiger partial charge on any atom is -0.392 e. The summed E-state index contributed by atoms with van der Waals surface area (Å²) in [6.45, 7) is 10.3. The Morgan fingerprint density at radius 1 is 1.09 bits per heavy atom. The van der Waals surface area contributed by atoms with Crippen LogP contribution in [0.15, 0.2) is 11.6 Å². The average molecular weight is 311 g/mol. The standard InChI is InChI=1S/C20H38O2/c1-17(9-6-11-19(3)13-15-21)8-5-10-18(2)12-7-14-20(4)16-22-20/h13,17-18,21H,5-12,14-16H2,1-4H3/t17-,18+,20?/m1/s1. The molecule has 0 aromatic carbocycles. The van der Waals surface area contributed by atoms with Crippen LogP contribution in [-0.4, -0.2) is 23.9 Å². The van der Waals surface area contributed by atoms with E-state index in [4.69, 9.17) is 9.84 Å². The predicted octanol–water partition coefficient (Wildman–Crippen LogP) is 5.50. The molecule has 0 radical (unpaired) electrons. The van der Waals surface area contributed by atoms with Crippen molar-refractivity contribution in [3.05, 3.63) is 11.6 Å². The van der Waals surface area contributed by atoms with Gasteiger partial charge >= 0.3 is 0 Å². The minimum absolute atomic E-state index is 0.185. The first-order valence-electron chi connectivity index (χ1n) is 9.35. The normalized spacial score (nSPS) is 24.3. The Labute approximate surface area is 138 Å². The molecule has 1 aliphatic rings. The van der Waals surface area contributed by atoms with Crippen molar-refractivity contribution in [1.82, 2.24) is 0 Å². The number of rotatable bonds is 13. The largest absolute Gasteiger partial charge is 0.392 e. The van der Waals surface area contributed by atoms with Crippen molar-refractivity contribution in [2.45, 2.75) is 91.1 Å². The molecule has 0 amide bonds. The molecule has 0 saturated carbocycles. The van der Waals surface area contributed by atoms with Gasteiger partial charge in [0.15, 0.2) is 0 Å². The second kappa shape index (κ2) is 10.4. The fraction of sp³-hybridized carbons (Fsp3) is 0.900. The van der Waals surface area contributed by atoms with Crippen LogP contribution in [0.2, 0.25) is 0 Å². The summed E-state index contributed by atoms with van der Waals surface area (Å²) in [7, 11) is 0. The van der Waals surface area contributed by atoms with Gasteiger partial charge in [0.25, 0.3) is 0 Å². The quantitative estimate of drug-likeness (QED) is 0.360. The molecule has 1 rings (SSSR count). The number of ether oxygens (including phenoxy) is 1.